The van der Waals surface area contributed by atoms with E-state index in [1.54, 1.807) is 12.0 Å². The first-order chi connectivity index (χ1) is 10.1. The lowest BCUT2D eigenvalue weighted by Gasteiger charge is -2.19. The SMILES string of the molecule is COc1cccc(N2CC(O)=C(c3nc(C)cs3)C2=N)c1. The zero-order chi connectivity index (χ0) is 15.0. The van der Waals surface area contributed by atoms with Crippen LogP contribution >= 0.6 is 11.3 Å². The number of nitrogens with zero attached hydrogens (tertiary/aromatic N) is 2. The highest BCUT2D eigenvalue weighted by Gasteiger charge is 2.31. The molecule has 1 aromatic carbocycles. The minimum absolute atomic E-state index is 0.178. The quantitative estimate of drug-likeness (QED) is 0.913. The van der Waals surface area contributed by atoms with E-state index in [2.05, 4.69) is 4.98 Å². The molecule has 21 heavy (non-hydrogen) atoms. The molecule has 0 bridgehead atoms. The van der Waals surface area contributed by atoms with Gasteiger partial charge in [-0.05, 0) is 19.1 Å². The fraction of sp³-hybridized carbons (Fsp3) is 0.200. The fourth-order valence-corrected chi connectivity index (χ4v) is 3.14. The predicted molar refractivity (Wildman–Crippen MR) is 84.5 cm³/mol. The maximum Gasteiger partial charge on any atom is 0.139 e. The van der Waals surface area contributed by atoms with E-state index in [-0.39, 0.29) is 18.1 Å². The summed E-state index contributed by atoms with van der Waals surface area (Å²) >= 11 is 1.44. The van der Waals surface area contributed by atoms with Crippen LogP contribution < -0.4 is 9.64 Å². The van der Waals surface area contributed by atoms with Crippen LogP contribution in [-0.4, -0.2) is 29.6 Å². The molecule has 0 atom stereocenters. The van der Waals surface area contributed by atoms with Crippen molar-refractivity contribution in [2.45, 2.75) is 6.92 Å². The third-order valence-corrected chi connectivity index (χ3v) is 4.28. The van der Waals surface area contributed by atoms with Gasteiger partial charge in [0.2, 0.25) is 0 Å². The number of benzene rings is 1. The molecule has 0 saturated heterocycles. The molecule has 0 unspecified atom stereocenters. The molecule has 0 amide bonds. The normalized spacial score (nSPS) is 15.0. The van der Waals surface area contributed by atoms with Crippen LogP contribution in [0.5, 0.6) is 5.75 Å². The maximum atomic E-state index is 10.2. The van der Waals surface area contributed by atoms with Gasteiger partial charge in [0, 0.05) is 22.8 Å². The van der Waals surface area contributed by atoms with Crippen LogP contribution in [0.3, 0.4) is 0 Å². The number of aliphatic hydroxyl groups excluding tert-OH is 1. The summed E-state index contributed by atoms with van der Waals surface area (Å²) in [4.78, 5) is 6.10. The van der Waals surface area contributed by atoms with E-state index >= 15 is 0 Å². The first-order valence-corrected chi connectivity index (χ1v) is 7.33. The molecule has 3 rings (SSSR count). The number of aryl methyl sites for hydroxylation is 1. The van der Waals surface area contributed by atoms with Crippen molar-refractivity contribution in [1.29, 1.82) is 5.41 Å². The minimum Gasteiger partial charge on any atom is -0.510 e. The Morgan fingerprint density at radius 2 is 2.24 bits per heavy atom. The van der Waals surface area contributed by atoms with Gasteiger partial charge in [-0.25, -0.2) is 4.98 Å². The molecule has 6 heteroatoms. The van der Waals surface area contributed by atoms with Gasteiger partial charge in [0.05, 0.1) is 19.2 Å². The van der Waals surface area contributed by atoms with Crippen molar-refractivity contribution in [1.82, 2.24) is 4.98 Å². The Bertz CT molecular complexity index is 736. The van der Waals surface area contributed by atoms with Gasteiger partial charge in [-0.2, -0.15) is 0 Å². The van der Waals surface area contributed by atoms with Gasteiger partial charge < -0.3 is 14.7 Å². The molecular weight excluding hydrogens is 286 g/mol. The minimum atomic E-state index is 0.178. The summed E-state index contributed by atoms with van der Waals surface area (Å²) in [6.07, 6.45) is 0. The lowest BCUT2D eigenvalue weighted by molar-refractivity contribution is 0.410. The van der Waals surface area contributed by atoms with Gasteiger partial charge in [-0.15, -0.1) is 11.3 Å². The molecular formula is C15H15N3O2S. The van der Waals surface area contributed by atoms with Crippen LogP contribution in [-0.2, 0) is 0 Å². The number of hydrogen-bond donors (Lipinski definition) is 2. The average molecular weight is 301 g/mol. The number of ether oxygens (including phenoxy) is 1. The fourth-order valence-electron chi connectivity index (χ4n) is 2.27. The van der Waals surface area contributed by atoms with Gasteiger partial charge in [0.15, 0.2) is 0 Å². The molecule has 1 aliphatic rings. The van der Waals surface area contributed by atoms with Crippen molar-refractivity contribution in [3.63, 3.8) is 0 Å². The second-order valence-corrected chi connectivity index (χ2v) is 5.61. The standard InChI is InChI=1S/C15H15N3O2S/c1-9-8-21-15(17-9)13-12(19)7-18(14(13)16)10-4-3-5-11(6-10)20-2/h3-6,8,16,19H,7H2,1-2H3. The molecule has 108 valence electrons. The molecule has 0 radical (unpaired) electrons. The van der Waals surface area contributed by atoms with Crippen molar-refractivity contribution in [3.8, 4) is 5.75 Å². The zero-order valence-electron chi connectivity index (χ0n) is 11.8. The van der Waals surface area contributed by atoms with E-state index in [1.165, 1.54) is 11.3 Å². The topological polar surface area (TPSA) is 69.4 Å². The van der Waals surface area contributed by atoms with Crippen LogP contribution in [0.15, 0.2) is 35.4 Å². The Labute approximate surface area is 126 Å². The second kappa shape index (κ2) is 5.21. The van der Waals surface area contributed by atoms with Crippen LogP contribution in [0, 0.1) is 12.3 Å². The number of aromatic nitrogens is 1. The van der Waals surface area contributed by atoms with Crippen molar-refractivity contribution >= 4 is 28.4 Å². The largest absolute Gasteiger partial charge is 0.510 e. The molecule has 0 fully saturated rings. The molecule has 5 nitrogen and oxygen atoms in total. The maximum absolute atomic E-state index is 10.2. The van der Waals surface area contributed by atoms with Crippen LogP contribution in [0.25, 0.3) is 5.57 Å². The van der Waals surface area contributed by atoms with Gasteiger partial charge in [0.25, 0.3) is 0 Å². The van der Waals surface area contributed by atoms with E-state index in [4.69, 9.17) is 10.1 Å². The Morgan fingerprint density at radius 1 is 1.43 bits per heavy atom. The summed E-state index contributed by atoms with van der Waals surface area (Å²) in [7, 11) is 1.61. The number of thiazole rings is 1. The predicted octanol–water partition coefficient (Wildman–Crippen LogP) is 3.23. The summed E-state index contributed by atoms with van der Waals surface area (Å²) < 4.78 is 5.21. The molecule has 1 aromatic heterocycles. The van der Waals surface area contributed by atoms with Crippen LogP contribution in [0.2, 0.25) is 0 Å². The third kappa shape index (κ3) is 2.38. The Kier molecular flexibility index (Phi) is 3.39. The third-order valence-electron chi connectivity index (χ3n) is 3.30. The van der Waals surface area contributed by atoms with E-state index in [0.717, 1.165) is 17.1 Å². The second-order valence-electron chi connectivity index (χ2n) is 4.75. The number of rotatable bonds is 3. The number of methoxy groups -OCH3 is 1. The Morgan fingerprint density at radius 3 is 2.90 bits per heavy atom. The summed E-state index contributed by atoms with van der Waals surface area (Å²) in [5.74, 6) is 1.16. The van der Waals surface area contributed by atoms with Gasteiger partial charge in [-0.1, -0.05) is 6.07 Å². The summed E-state index contributed by atoms with van der Waals surface area (Å²) in [6.45, 7) is 2.18. The van der Waals surface area contributed by atoms with Crippen molar-refractivity contribution in [3.05, 3.63) is 46.1 Å². The van der Waals surface area contributed by atoms with E-state index in [1.807, 2.05) is 36.6 Å². The molecule has 2 heterocycles. The molecule has 0 spiro atoms. The number of amidine groups is 1. The molecule has 2 aromatic rings. The van der Waals surface area contributed by atoms with Crippen molar-refractivity contribution in [2.75, 3.05) is 18.6 Å². The smallest absolute Gasteiger partial charge is 0.139 e. The summed E-state index contributed by atoms with van der Waals surface area (Å²) in [5.41, 5.74) is 2.22. The van der Waals surface area contributed by atoms with E-state index in [0.29, 0.717) is 10.6 Å². The first kappa shape index (κ1) is 13.6. The summed E-state index contributed by atoms with van der Waals surface area (Å²) in [6, 6.07) is 7.45. The molecule has 0 aliphatic carbocycles. The highest BCUT2D eigenvalue weighted by Crippen LogP contribution is 2.33. The highest BCUT2D eigenvalue weighted by molar-refractivity contribution is 7.11. The van der Waals surface area contributed by atoms with Gasteiger partial charge in [-0.3, -0.25) is 5.41 Å². The average Bonchev–Trinajstić information content (AvgIpc) is 3.02. The number of anilines is 1. The summed E-state index contributed by atoms with van der Waals surface area (Å²) in [5, 5.41) is 21.1. The van der Waals surface area contributed by atoms with Crippen LogP contribution in [0.1, 0.15) is 10.7 Å². The number of aliphatic hydroxyl groups is 1. The first-order valence-electron chi connectivity index (χ1n) is 6.45. The van der Waals surface area contributed by atoms with Gasteiger partial charge >= 0.3 is 0 Å². The van der Waals surface area contributed by atoms with Crippen molar-refractivity contribution < 1.29 is 9.84 Å². The zero-order valence-corrected chi connectivity index (χ0v) is 12.6. The molecule has 0 saturated carbocycles. The lowest BCUT2D eigenvalue weighted by atomic mass is 10.2. The Hall–Kier alpha value is -2.34. The molecule has 1 aliphatic heterocycles. The number of nitrogens with one attached hydrogen (secondary N) is 1. The lowest BCUT2D eigenvalue weighted by Crippen LogP contribution is -2.25. The van der Waals surface area contributed by atoms with Gasteiger partial charge in [0.1, 0.15) is 22.4 Å². The van der Waals surface area contributed by atoms with E-state index < -0.39 is 0 Å². The Balaban J connectivity index is 1.94. The monoisotopic (exact) mass is 301 g/mol. The van der Waals surface area contributed by atoms with E-state index in [9.17, 15) is 5.11 Å². The number of hydrogen-bond acceptors (Lipinski definition) is 5. The highest BCUT2D eigenvalue weighted by atomic mass is 32.1. The van der Waals surface area contributed by atoms with Crippen LogP contribution in [0.4, 0.5) is 5.69 Å². The molecule has 2 N–H and O–H groups in total. The van der Waals surface area contributed by atoms with Crippen molar-refractivity contribution in [2.24, 2.45) is 0 Å².